The van der Waals surface area contributed by atoms with Crippen molar-refractivity contribution in [1.82, 2.24) is 4.72 Å². The minimum Gasteiger partial charge on any atom is -0.464 e. The summed E-state index contributed by atoms with van der Waals surface area (Å²) in [5, 5.41) is 0. The number of rotatable bonds is 6. The molecule has 0 saturated heterocycles. The molecule has 0 spiro atoms. The quantitative estimate of drug-likeness (QED) is 0.845. The summed E-state index contributed by atoms with van der Waals surface area (Å²) in [6, 6.07) is 1.57. The van der Waals surface area contributed by atoms with E-state index in [1.165, 1.54) is 18.9 Å². The fourth-order valence-electron chi connectivity index (χ4n) is 3.15. The predicted octanol–water partition coefficient (Wildman–Crippen LogP) is 2.68. The summed E-state index contributed by atoms with van der Waals surface area (Å²) in [5.74, 6) is 1.66. The molecule has 0 amide bonds. The van der Waals surface area contributed by atoms with Crippen molar-refractivity contribution in [1.29, 1.82) is 0 Å². The molecule has 0 bridgehead atoms. The number of sulfonamides is 1. The second-order valence-electron chi connectivity index (χ2n) is 5.96. The lowest BCUT2D eigenvalue weighted by Gasteiger charge is -2.28. The number of hydrogen-bond acceptors (Lipinski definition) is 4. The van der Waals surface area contributed by atoms with E-state index in [-0.39, 0.29) is 17.5 Å². The first-order valence-electron chi connectivity index (χ1n) is 7.78. The van der Waals surface area contributed by atoms with E-state index < -0.39 is 10.0 Å². The summed E-state index contributed by atoms with van der Waals surface area (Å²) in [5.41, 5.74) is 5.49. The molecule has 120 valence electrons. The van der Waals surface area contributed by atoms with Gasteiger partial charge in [-0.15, -0.1) is 0 Å². The van der Waals surface area contributed by atoms with Crippen molar-refractivity contribution in [3.05, 3.63) is 17.6 Å². The Balaban J connectivity index is 2.00. The normalized spacial score (nSPS) is 23.4. The first-order valence-corrected chi connectivity index (χ1v) is 9.26. The van der Waals surface area contributed by atoms with Gasteiger partial charge in [-0.25, -0.2) is 13.1 Å². The molecule has 21 heavy (non-hydrogen) atoms. The Kier molecular flexibility index (Phi) is 5.46. The molecule has 3 N–H and O–H groups in total. The Bertz CT molecular complexity index is 557. The van der Waals surface area contributed by atoms with Gasteiger partial charge in [-0.3, -0.25) is 0 Å². The Labute approximate surface area is 127 Å². The minimum atomic E-state index is -3.51. The van der Waals surface area contributed by atoms with Crippen molar-refractivity contribution in [2.24, 2.45) is 11.7 Å². The summed E-state index contributed by atoms with van der Waals surface area (Å²) >= 11 is 0. The SMILES string of the molecule is CCCC1CCC(NS(=O)(=O)c2cc(CN)oc2C)CC1. The van der Waals surface area contributed by atoms with E-state index in [9.17, 15) is 8.42 Å². The Morgan fingerprint density at radius 2 is 2.00 bits per heavy atom. The first-order chi connectivity index (χ1) is 9.96. The largest absolute Gasteiger partial charge is 0.464 e. The number of aryl methyl sites for hydroxylation is 1. The lowest BCUT2D eigenvalue weighted by Crippen LogP contribution is -2.37. The monoisotopic (exact) mass is 314 g/mol. The first kappa shape index (κ1) is 16.5. The molecule has 1 aliphatic carbocycles. The molecule has 0 aromatic carbocycles. The highest BCUT2D eigenvalue weighted by atomic mass is 32.2. The molecule has 0 aliphatic heterocycles. The van der Waals surface area contributed by atoms with E-state index >= 15 is 0 Å². The summed E-state index contributed by atoms with van der Waals surface area (Å²) in [7, 11) is -3.51. The summed E-state index contributed by atoms with van der Waals surface area (Å²) in [6.07, 6.45) is 6.52. The lowest BCUT2D eigenvalue weighted by molar-refractivity contribution is 0.297. The molecule has 0 atom stereocenters. The van der Waals surface area contributed by atoms with E-state index in [4.69, 9.17) is 10.2 Å². The van der Waals surface area contributed by atoms with Crippen LogP contribution < -0.4 is 10.5 Å². The Morgan fingerprint density at radius 3 is 2.52 bits per heavy atom. The molecule has 1 saturated carbocycles. The lowest BCUT2D eigenvalue weighted by atomic mass is 9.84. The van der Waals surface area contributed by atoms with Crippen LogP contribution >= 0.6 is 0 Å². The van der Waals surface area contributed by atoms with Gasteiger partial charge in [0.25, 0.3) is 0 Å². The zero-order valence-electron chi connectivity index (χ0n) is 12.9. The maximum absolute atomic E-state index is 12.4. The zero-order chi connectivity index (χ0) is 15.5. The summed E-state index contributed by atoms with van der Waals surface area (Å²) < 4.78 is 33.1. The van der Waals surface area contributed by atoms with Crippen LogP contribution in [0.4, 0.5) is 0 Å². The molecule has 0 radical (unpaired) electrons. The van der Waals surface area contributed by atoms with Gasteiger partial charge in [0.2, 0.25) is 10.0 Å². The molecule has 0 unspecified atom stereocenters. The van der Waals surface area contributed by atoms with Crippen molar-refractivity contribution >= 4 is 10.0 Å². The van der Waals surface area contributed by atoms with Crippen molar-refractivity contribution in [2.45, 2.75) is 69.9 Å². The smallest absolute Gasteiger partial charge is 0.244 e. The van der Waals surface area contributed by atoms with Crippen molar-refractivity contribution in [3.63, 3.8) is 0 Å². The molecule has 1 aliphatic rings. The second-order valence-corrected chi connectivity index (χ2v) is 7.65. The van der Waals surface area contributed by atoms with E-state index in [0.29, 0.717) is 11.5 Å². The number of nitrogens with one attached hydrogen (secondary N) is 1. The average Bonchev–Trinajstić information content (AvgIpc) is 2.83. The van der Waals surface area contributed by atoms with Crippen molar-refractivity contribution < 1.29 is 12.8 Å². The topological polar surface area (TPSA) is 85.3 Å². The molecular weight excluding hydrogens is 288 g/mol. The van der Waals surface area contributed by atoms with Crippen LogP contribution in [-0.2, 0) is 16.6 Å². The summed E-state index contributed by atoms with van der Waals surface area (Å²) in [4.78, 5) is 0.221. The van der Waals surface area contributed by atoms with E-state index in [0.717, 1.165) is 31.6 Å². The van der Waals surface area contributed by atoms with E-state index in [2.05, 4.69) is 11.6 Å². The highest BCUT2D eigenvalue weighted by Crippen LogP contribution is 2.29. The number of nitrogens with two attached hydrogens (primary N) is 1. The van der Waals surface area contributed by atoms with Gasteiger partial charge in [0.15, 0.2) is 0 Å². The van der Waals surface area contributed by atoms with Crippen LogP contribution in [0, 0.1) is 12.8 Å². The molecule has 2 rings (SSSR count). The minimum absolute atomic E-state index is 0.0405. The van der Waals surface area contributed by atoms with Crippen LogP contribution in [0.5, 0.6) is 0 Å². The van der Waals surface area contributed by atoms with Gasteiger partial charge >= 0.3 is 0 Å². The molecule has 1 heterocycles. The molecule has 1 aromatic rings. The highest BCUT2D eigenvalue weighted by Gasteiger charge is 2.27. The van der Waals surface area contributed by atoms with E-state index in [1.54, 1.807) is 6.92 Å². The standard InChI is InChI=1S/C15H26N2O3S/c1-3-4-12-5-7-13(8-6-12)17-21(18,19)15-9-14(10-16)20-11(15)2/h9,12-13,17H,3-8,10,16H2,1-2H3. The van der Waals surface area contributed by atoms with Crippen LogP contribution in [0.2, 0.25) is 0 Å². The van der Waals surface area contributed by atoms with Gasteiger partial charge in [0.05, 0.1) is 6.54 Å². The van der Waals surface area contributed by atoms with Crippen LogP contribution in [0.25, 0.3) is 0 Å². The molecular formula is C15H26N2O3S. The highest BCUT2D eigenvalue weighted by molar-refractivity contribution is 7.89. The molecule has 1 aromatic heterocycles. The van der Waals surface area contributed by atoms with Crippen LogP contribution in [0.1, 0.15) is 57.0 Å². The van der Waals surface area contributed by atoms with Crippen LogP contribution in [0.3, 0.4) is 0 Å². The maximum Gasteiger partial charge on any atom is 0.244 e. The fourth-order valence-corrected chi connectivity index (χ4v) is 4.66. The number of furan rings is 1. The third-order valence-electron chi connectivity index (χ3n) is 4.28. The third kappa shape index (κ3) is 4.08. The van der Waals surface area contributed by atoms with Gasteiger partial charge in [0.1, 0.15) is 16.4 Å². The van der Waals surface area contributed by atoms with Crippen LogP contribution in [-0.4, -0.2) is 14.5 Å². The average molecular weight is 314 g/mol. The Hall–Kier alpha value is -0.850. The van der Waals surface area contributed by atoms with Gasteiger partial charge in [-0.2, -0.15) is 0 Å². The maximum atomic E-state index is 12.4. The zero-order valence-corrected chi connectivity index (χ0v) is 13.7. The van der Waals surface area contributed by atoms with Crippen molar-refractivity contribution in [3.8, 4) is 0 Å². The number of hydrogen-bond donors (Lipinski definition) is 2. The van der Waals surface area contributed by atoms with E-state index in [1.807, 2.05) is 0 Å². The van der Waals surface area contributed by atoms with Gasteiger partial charge in [0, 0.05) is 12.1 Å². The molecule has 6 heteroatoms. The third-order valence-corrected chi connectivity index (χ3v) is 5.91. The fraction of sp³-hybridized carbons (Fsp3) is 0.733. The molecule has 5 nitrogen and oxygen atoms in total. The Morgan fingerprint density at radius 1 is 1.33 bits per heavy atom. The molecule has 1 fully saturated rings. The predicted molar refractivity (Wildman–Crippen MR) is 82.3 cm³/mol. The summed E-state index contributed by atoms with van der Waals surface area (Å²) in [6.45, 7) is 4.07. The van der Waals surface area contributed by atoms with Crippen LogP contribution in [0.15, 0.2) is 15.4 Å². The van der Waals surface area contributed by atoms with Gasteiger partial charge in [-0.05, 0) is 38.5 Å². The second kappa shape index (κ2) is 6.94. The van der Waals surface area contributed by atoms with Gasteiger partial charge in [-0.1, -0.05) is 19.8 Å². The van der Waals surface area contributed by atoms with Crippen molar-refractivity contribution in [2.75, 3.05) is 0 Å². The van der Waals surface area contributed by atoms with Gasteiger partial charge < -0.3 is 10.2 Å².